The minimum atomic E-state index is -0.482. The molecule has 0 saturated heterocycles. The van der Waals surface area contributed by atoms with Gasteiger partial charge in [0, 0.05) is 13.1 Å². The maximum Gasteiger partial charge on any atom is 0.318 e. The molecule has 1 atom stereocenters. The molecule has 0 radical (unpaired) electrons. The molecular formula is C21H22N3O+. The molecule has 0 bridgehead atoms. The van der Waals surface area contributed by atoms with Gasteiger partial charge in [0.1, 0.15) is 5.69 Å². The van der Waals surface area contributed by atoms with Gasteiger partial charge in [-0.3, -0.25) is 9.79 Å². The summed E-state index contributed by atoms with van der Waals surface area (Å²) >= 11 is 0. The van der Waals surface area contributed by atoms with Crippen LogP contribution in [0, 0.1) is 0 Å². The summed E-state index contributed by atoms with van der Waals surface area (Å²) in [5.41, 5.74) is 3.89. The Labute approximate surface area is 148 Å². The standard InChI is InChI=1S/C21H22N3O/c1-16(14-18-10-6-4-7-11-18)15-22-20-17(2)23(3)24(21(20)25)19-12-8-5-9-13-19/h4-15,20H,1-3H3/q+1. The fourth-order valence-electron chi connectivity index (χ4n) is 2.86. The first-order valence-corrected chi connectivity index (χ1v) is 8.30. The highest BCUT2D eigenvalue weighted by Gasteiger charge is 2.44. The van der Waals surface area contributed by atoms with Gasteiger partial charge in [-0.05, 0) is 30.2 Å². The van der Waals surface area contributed by atoms with Gasteiger partial charge in [0.15, 0.2) is 7.05 Å². The first kappa shape index (κ1) is 16.8. The second kappa shape index (κ2) is 7.26. The van der Waals surface area contributed by atoms with E-state index in [1.807, 2.05) is 86.2 Å². The highest BCUT2D eigenvalue weighted by atomic mass is 16.2. The number of anilines is 1. The Morgan fingerprint density at radius 1 is 1.08 bits per heavy atom. The van der Waals surface area contributed by atoms with Crippen LogP contribution in [0.5, 0.6) is 0 Å². The lowest BCUT2D eigenvalue weighted by molar-refractivity contribution is -0.495. The van der Waals surface area contributed by atoms with E-state index in [0.29, 0.717) is 0 Å². The predicted octanol–water partition coefficient (Wildman–Crippen LogP) is 3.59. The Kier molecular flexibility index (Phi) is 4.89. The topological polar surface area (TPSA) is 35.7 Å². The maximum atomic E-state index is 12.8. The zero-order chi connectivity index (χ0) is 17.8. The first-order valence-electron chi connectivity index (χ1n) is 8.30. The number of nitrogens with zero attached hydrogens (tertiary/aromatic N) is 3. The van der Waals surface area contributed by atoms with Crippen LogP contribution in [-0.4, -0.2) is 35.6 Å². The molecule has 4 nitrogen and oxygen atoms in total. The van der Waals surface area contributed by atoms with Gasteiger partial charge in [0.2, 0.25) is 11.8 Å². The number of hydrazine groups is 1. The number of aliphatic imine (C=N–C) groups is 1. The lowest BCUT2D eigenvalue weighted by Crippen LogP contribution is -2.35. The third-order valence-corrected chi connectivity index (χ3v) is 4.27. The predicted molar refractivity (Wildman–Crippen MR) is 103 cm³/mol. The van der Waals surface area contributed by atoms with Gasteiger partial charge in [-0.15, -0.1) is 4.68 Å². The maximum absolute atomic E-state index is 12.8. The highest BCUT2D eigenvalue weighted by Crippen LogP contribution is 2.20. The zero-order valence-corrected chi connectivity index (χ0v) is 14.8. The van der Waals surface area contributed by atoms with E-state index >= 15 is 0 Å². The molecule has 4 heteroatoms. The molecule has 1 aliphatic heterocycles. The molecule has 0 fully saturated rings. The van der Waals surface area contributed by atoms with Crippen molar-refractivity contribution in [3.05, 3.63) is 71.8 Å². The van der Waals surface area contributed by atoms with Crippen LogP contribution < -0.4 is 5.01 Å². The molecule has 3 rings (SSSR count). The van der Waals surface area contributed by atoms with Crippen molar-refractivity contribution in [1.82, 2.24) is 0 Å². The summed E-state index contributed by atoms with van der Waals surface area (Å²) in [4.78, 5) is 17.4. The SMILES string of the molecule is CC(C=NC1C(=O)N(c2ccccc2)[N+](C)=C1C)=Cc1ccccc1. The minimum Gasteiger partial charge on any atom is -0.268 e. The van der Waals surface area contributed by atoms with E-state index in [-0.39, 0.29) is 5.91 Å². The van der Waals surface area contributed by atoms with Crippen molar-refractivity contribution in [2.75, 3.05) is 12.1 Å². The highest BCUT2D eigenvalue weighted by molar-refractivity contribution is 6.15. The van der Waals surface area contributed by atoms with Crippen LogP contribution in [0.3, 0.4) is 0 Å². The molecule has 0 saturated carbocycles. The number of hydrogen-bond donors (Lipinski definition) is 0. The van der Waals surface area contributed by atoms with Gasteiger partial charge >= 0.3 is 5.91 Å². The van der Waals surface area contributed by atoms with Crippen LogP contribution in [-0.2, 0) is 4.79 Å². The average molecular weight is 332 g/mol. The molecule has 126 valence electrons. The average Bonchev–Trinajstić information content (AvgIpc) is 2.84. The van der Waals surface area contributed by atoms with Gasteiger partial charge in [-0.1, -0.05) is 59.6 Å². The van der Waals surface area contributed by atoms with E-state index in [2.05, 4.69) is 11.1 Å². The number of carbonyl (C=O) groups is 1. The van der Waals surface area contributed by atoms with E-state index in [0.717, 1.165) is 22.5 Å². The van der Waals surface area contributed by atoms with E-state index in [1.165, 1.54) is 0 Å². The van der Waals surface area contributed by atoms with Crippen LogP contribution >= 0.6 is 0 Å². The second-order valence-electron chi connectivity index (χ2n) is 6.13. The zero-order valence-electron chi connectivity index (χ0n) is 14.8. The molecule has 1 amide bonds. The number of carbonyl (C=O) groups excluding carboxylic acids is 1. The molecule has 1 aliphatic rings. The largest absolute Gasteiger partial charge is 0.318 e. The van der Waals surface area contributed by atoms with Gasteiger partial charge in [-0.2, -0.15) is 0 Å². The van der Waals surface area contributed by atoms with Crippen molar-refractivity contribution in [1.29, 1.82) is 0 Å². The van der Waals surface area contributed by atoms with Crippen LogP contribution in [0.15, 0.2) is 71.2 Å². The van der Waals surface area contributed by atoms with Crippen LogP contribution in [0.2, 0.25) is 0 Å². The van der Waals surface area contributed by atoms with Crippen LogP contribution in [0.25, 0.3) is 6.08 Å². The van der Waals surface area contributed by atoms with E-state index < -0.39 is 6.04 Å². The number of hydrazone groups is 1. The van der Waals surface area contributed by atoms with Gasteiger partial charge in [0.05, 0.1) is 0 Å². The van der Waals surface area contributed by atoms with Gasteiger partial charge in [-0.25, -0.2) is 0 Å². The second-order valence-corrected chi connectivity index (χ2v) is 6.13. The van der Waals surface area contributed by atoms with Gasteiger partial charge < -0.3 is 0 Å². The minimum absolute atomic E-state index is 0.0324. The van der Waals surface area contributed by atoms with Crippen molar-refractivity contribution < 1.29 is 9.48 Å². The quantitative estimate of drug-likeness (QED) is 0.622. The van der Waals surface area contributed by atoms with Crippen molar-refractivity contribution in [3.63, 3.8) is 0 Å². The molecule has 2 aromatic rings. The van der Waals surface area contributed by atoms with Crippen molar-refractivity contribution in [2.45, 2.75) is 19.9 Å². The Balaban J connectivity index is 1.82. The molecule has 1 heterocycles. The number of rotatable bonds is 4. The van der Waals surface area contributed by atoms with E-state index in [9.17, 15) is 4.79 Å². The Morgan fingerprint density at radius 2 is 1.68 bits per heavy atom. The number of amides is 1. The summed E-state index contributed by atoms with van der Waals surface area (Å²) in [6.07, 6.45) is 3.83. The van der Waals surface area contributed by atoms with Crippen molar-refractivity contribution >= 4 is 29.6 Å². The molecular weight excluding hydrogens is 310 g/mol. The summed E-state index contributed by atoms with van der Waals surface area (Å²) in [6, 6.07) is 19.2. The monoisotopic (exact) mass is 332 g/mol. The lowest BCUT2D eigenvalue weighted by atomic mass is 10.1. The van der Waals surface area contributed by atoms with Crippen molar-refractivity contribution in [2.24, 2.45) is 4.99 Å². The third kappa shape index (κ3) is 3.58. The molecule has 0 spiro atoms. The van der Waals surface area contributed by atoms with Gasteiger partial charge in [0.25, 0.3) is 0 Å². The number of allylic oxidation sites excluding steroid dienone is 1. The Morgan fingerprint density at radius 3 is 2.32 bits per heavy atom. The van der Waals surface area contributed by atoms with E-state index in [1.54, 1.807) is 11.2 Å². The van der Waals surface area contributed by atoms with E-state index in [4.69, 9.17) is 0 Å². The molecule has 0 aliphatic carbocycles. The number of para-hydroxylation sites is 1. The summed E-state index contributed by atoms with van der Waals surface area (Å²) in [5.74, 6) is -0.0324. The molecule has 1 unspecified atom stereocenters. The fourth-order valence-corrected chi connectivity index (χ4v) is 2.86. The molecule has 2 aromatic carbocycles. The first-order chi connectivity index (χ1) is 12.1. The Bertz CT molecular complexity index is 851. The fraction of sp³-hybridized carbons (Fsp3) is 0.190. The summed E-state index contributed by atoms with van der Waals surface area (Å²) < 4.78 is 1.87. The van der Waals surface area contributed by atoms with Crippen molar-refractivity contribution in [3.8, 4) is 0 Å². The normalized spacial score (nSPS) is 18.5. The lowest BCUT2D eigenvalue weighted by Gasteiger charge is -2.10. The molecule has 25 heavy (non-hydrogen) atoms. The van der Waals surface area contributed by atoms with Crippen LogP contribution in [0.1, 0.15) is 19.4 Å². The summed E-state index contributed by atoms with van der Waals surface area (Å²) in [7, 11) is 1.89. The van der Waals surface area contributed by atoms with Crippen LogP contribution in [0.4, 0.5) is 5.69 Å². The molecule has 0 aromatic heterocycles. The molecule has 0 N–H and O–H groups in total. The third-order valence-electron chi connectivity index (χ3n) is 4.27. The Hall–Kier alpha value is -3.01. The summed E-state index contributed by atoms with van der Waals surface area (Å²) in [6.45, 7) is 3.93. The smallest absolute Gasteiger partial charge is 0.268 e. The number of benzene rings is 2. The number of hydrogen-bond acceptors (Lipinski definition) is 2. The summed E-state index contributed by atoms with van der Waals surface area (Å²) in [5, 5.41) is 1.67.